The number of hydrogen-bond acceptors (Lipinski definition) is 8. The smallest absolute Gasteiger partial charge is 0.324 e. The Morgan fingerprint density at radius 2 is 1.91 bits per heavy atom. The molecule has 9 nitrogen and oxygen atoms in total. The van der Waals surface area contributed by atoms with Crippen LogP contribution in [-0.2, 0) is 11.0 Å². The number of benzene rings is 2. The Morgan fingerprint density at radius 1 is 1.15 bits per heavy atom. The molecule has 0 aliphatic rings. The van der Waals surface area contributed by atoms with Gasteiger partial charge in [-0.15, -0.1) is 10.2 Å². The fourth-order valence-electron chi connectivity index (χ4n) is 2.36. The minimum absolute atomic E-state index is 0.0472. The number of hydrogen-bond donors (Lipinski definition) is 2. The molecule has 172 valence electrons. The molecule has 1 aromatic heterocycles. The molecule has 3 aromatic rings. The Kier molecular flexibility index (Phi) is 7.50. The first-order valence-electron chi connectivity index (χ1n) is 8.71. The van der Waals surface area contributed by atoms with Crippen LogP contribution >= 0.6 is 34.7 Å². The number of anilines is 2. The molecule has 33 heavy (non-hydrogen) atoms. The number of amides is 2. The van der Waals surface area contributed by atoms with Crippen molar-refractivity contribution in [1.82, 2.24) is 10.2 Å². The Hall–Kier alpha value is -3.23. The molecule has 0 aliphatic carbocycles. The number of nitrogens with one attached hydrogen (secondary N) is 2. The number of non-ortho nitro benzene ring substituents is 1. The van der Waals surface area contributed by atoms with Crippen molar-refractivity contribution in [3.05, 3.63) is 68.7 Å². The zero-order valence-electron chi connectivity index (χ0n) is 16.1. The summed E-state index contributed by atoms with van der Waals surface area (Å²) >= 11 is 7.73. The number of rotatable bonds is 7. The minimum atomic E-state index is -4.59. The maximum atomic E-state index is 12.8. The molecule has 2 amide bonds. The summed E-state index contributed by atoms with van der Waals surface area (Å²) in [7, 11) is 0. The van der Waals surface area contributed by atoms with Crippen LogP contribution in [-0.4, -0.2) is 32.7 Å². The first-order chi connectivity index (χ1) is 15.5. The maximum absolute atomic E-state index is 12.8. The van der Waals surface area contributed by atoms with E-state index in [0.29, 0.717) is 4.34 Å². The molecule has 0 bridgehead atoms. The maximum Gasteiger partial charge on any atom is 0.416 e. The zero-order valence-corrected chi connectivity index (χ0v) is 18.4. The molecule has 0 spiro atoms. The van der Waals surface area contributed by atoms with Crippen LogP contribution in [0.3, 0.4) is 0 Å². The molecule has 0 atom stereocenters. The molecule has 0 radical (unpaired) electrons. The van der Waals surface area contributed by atoms with Gasteiger partial charge in [-0.25, -0.2) is 0 Å². The monoisotopic (exact) mass is 517 g/mol. The molecule has 0 fully saturated rings. The lowest BCUT2D eigenvalue weighted by Gasteiger charge is -2.11. The molecule has 15 heteroatoms. The number of alkyl halides is 3. The quantitative estimate of drug-likeness (QED) is 0.193. The second-order valence-corrected chi connectivity index (χ2v) is 8.77. The van der Waals surface area contributed by atoms with E-state index in [-0.39, 0.29) is 32.8 Å². The van der Waals surface area contributed by atoms with Crippen molar-refractivity contribution in [2.24, 2.45) is 0 Å². The van der Waals surface area contributed by atoms with Crippen LogP contribution in [0.1, 0.15) is 15.9 Å². The van der Waals surface area contributed by atoms with E-state index in [4.69, 9.17) is 11.6 Å². The molecular formula is C18H11ClF3N5O4S2. The van der Waals surface area contributed by atoms with Gasteiger partial charge in [0.15, 0.2) is 4.34 Å². The minimum Gasteiger partial charge on any atom is -0.324 e. The van der Waals surface area contributed by atoms with Crippen LogP contribution in [0.15, 0.2) is 46.8 Å². The van der Waals surface area contributed by atoms with Crippen LogP contribution in [0.2, 0.25) is 5.02 Å². The fourth-order valence-corrected chi connectivity index (χ4v) is 4.07. The predicted molar refractivity (Wildman–Crippen MR) is 117 cm³/mol. The van der Waals surface area contributed by atoms with Gasteiger partial charge in [0.25, 0.3) is 11.6 Å². The lowest BCUT2D eigenvalue weighted by Crippen LogP contribution is -2.15. The normalized spacial score (nSPS) is 11.2. The predicted octanol–water partition coefficient (Wildman–Crippen LogP) is 5.10. The second kappa shape index (κ2) is 10.1. The molecule has 0 saturated heterocycles. The van der Waals surface area contributed by atoms with Gasteiger partial charge in [-0.05, 0) is 24.3 Å². The molecule has 2 aromatic carbocycles. The van der Waals surface area contributed by atoms with E-state index in [0.717, 1.165) is 47.4 Å². The molecular weight excluding hydrogens is 507 g/mol. The van der Waals surface area contributed by atoms with Crippen molar-refractivity contribution in [3.63, 3.8) is 0 Å². The zero-order chi connectivity index (χ0) is 24.2. The van der Waals surface area contributed by atoms with Crippen molar-refractivity contribution in [1.29, 1.82) is 0 Å². The lowest BCUT2D eigenvalue weighted by molar-refractivity contribution is -0.384. The van der Waals surface area contributed by atoms with Gasteiger partial charge in [0.2, 0.25) is 11.0 Å². The van der Waals surface area contributed by atoms with Gasteiger partial charge in [-0.3, -0.25) is 25.0 Å². The second-order valence-electron chi connectivity index (χ2n) is 6.16. The van der Waals surface area contributed by atoms with Crippen molar-refractivity contribution in [2.45, 2.75) is 10.5 Å². The Morgan fingerprint density at radius 3 is 2.61 bits per heavy atom. The average molecular weight is 518 g/mol. The number of carbonyl (C=O) groups excluding carboxylic acids is 2. The summed E-state index contributed by atoms with van der Waals surface area (Å²) in [6, 6.07) is 7.68. The summed E-state index contributed by atoms with van der Waals surface area (Å²) in [5, 5.41) is 23.2. The molecule has 0 aliphatic heterocycles. The fraction of sp³-hybridized carbons (Fsp3) is 0.111. The van der Waals surface area contributed by atoms with Crippen molar-refractivity contribution < 1.29 is 27.7 Å². The first kappa shape index (κ1) is 24.4. The van der Waals surface area contributed by atoms with Crippen LogP contribution in [0.25, 0.3) is 0 Å². The first-order valence-corrected chi connectivity index (χ1v) is 10.9. The van der Waals surface area contributed by atoms with Gasteiger partial charge in [0.05, 0.1) is 26.9 Å². The number of nitro groups is 1. The van der Waals surface area contributed by atoms with E-state index in [1.54, 1.807) is 0 Å². The SMILES string of the molecule is O=C(CSc1nnc(NC(=O)c2cccc([N+](=O)[O-])c2)s1)Nc1cc(C(F)(F)F)ccc1Cl. The summed E-state index contributed by atoms with van der Waals surface area (Å²) in [5.74, 6) is -1.47. The summed E-state index contributed by atoms with van der Waals surface area (Å²) in [4.78, 5) is 34.5. The highest BCUT2D eigenvalue weighted by Crippen LogP contribution is 2.34. The summed E-state index contributed by atoms with van der Waals surface area (Å²) in [6.45, 7) is 0. The van der Waals surface area contributed by atoms with E-state index in [1.807, 2.05) is 0 Å². The van der Waals surface area contributed by atoms with Crippen molar-refractivity contribution >= 4 is 63.0 Å². The van der Waals surface area contributed by atoms with Gasteiger partial charge in [0.1, 0.15) is 0 Å². The summed E-state index contributed by atoms with van der Waals surface area (Å²) < 4.78 is 38.8. The third-order valence-corrected chi connectivity index (χ3v) is 6.14. The molecule has 0 unspecified atom stereocenters. The van der Waals surface area contributed by atoms with E-state index in [1.165, 1.54) is 18.2 Å². The van der Waals surface area contributed by atoms with Crippen LogP contribution in [0.5, 0.6) is 0 Å². The van der Waals surface area contributed by atoms with Crippen molar-refractivity contribution in [2.75, 3.05) is 16.4 Å². The highest BCUT2D eigenvalue weighted by Gasteiger charge is 2.31. The number of carbonyl (C=O) groups is 2. The van der Waals surface area contributed by atoms with E-state index in [9.17, 15) is 32.9 Å². The van der Waals surface area contributed by atoms with E-state index < -0.39 is 28.5 Å². The topological polar surface area (TPSA) is 127 Å². The van der Waals surface area contributed by atoms with E-state index >= 15 is 0 Å². The highest BCUT2D eigenvalue weighted by molar-refractivity contribution is 8.01. The largest absolute Gasteiger partial charge is 0.416 e. The molecule has 1 heterocycles. The number of aromatic nitrogens is 2. The van der Waals surface area contributed by atoms with Gasteiger partial charge < -0.3 is 5.32 Å². The van der Waals surface area contributed by atoms with Gasteiger partial charge in [0, 0.05) is 17.7 Å². The molecule has 2 N–H and O–H groups in total. The van der Waals surface area contributed by atoms with Gasteiger partial charge >= 0.3 is 6.18 Å². The Balaban J connectivity index is 1.57. The summed E-state index contributed by atoms with van der Waals surface area (Å²) in [6.07, 6.45) is -4.59. The average Bonchev–Trinajstić information content (AvgIpc) is 3.20. The Bertz CT molecular complexity index is 1220. The van der Waals surface area contributed by atoms with Crippen LogP contribution < -0.4 is 10.6 Å². The molecule has 0 saturated carbocycles. The van der Waals surface area contributed by atoms with Crippen LogP contribution in [0, 0.1) is 10.1 Å². The van der Waals surface area contributed by atoms with Crippen molar-refractivity contribution in [3.8, 4) is 0 Å². The lowest BCUT2D eigenvalue weighted by atomic mass is 10.2. The standard InChI is InChI=1S/C18H11ClF3N5O4S2/c19-12-5-4-10(18(20,21)22)7-13(12)23-14(28)8-32-17-26-25-16(33-17)24-15(29)9-2-1-3-11(6-9)27(30)31/h1-7H,8H2,(H,23,28)(H,24,25,29). The number of nitrogens with zero attached hydrogens (tertiary/aromatic N) is 3. The van der Waals surface area contributed by atoms with Gasteiger partial charge in [-0.2, -0.15) is 13.2 Å². The van der Waals surface area contributed by atoms with E-state index in [2.05, 4.69) is 20.8 Å². The third kappa shape index (κ3) is 6.63. The number of thioether (sulfide) groups is 1. The van der Waals surface area contributed by atoms with Gasteiger partial charge in [-0.1, -0.05) is 40.8 Å². The molecule has 3 rings (SSSR count). The highest BCUT2D eigenvalue weighted by atomic mass is 35.5. The third-order valence-electron chi connectivity index (χ3n) is 3.84. The number of nitro benzene ring substituents is 1. The van der Waals surface area contributed by atoms with Crippen LogP contribution in [0.4, 0.5) is 29.7 Å². The number of halogens is 4. The summed E-state index contributed by atoms with van der Waals surface area (Å²) in [5.41, 5.74) is -1.34. The Labute approximate surface area is 196 Å².